The fourth-order valence-electron chi connectivity index (χ4n) is 3.41. The van der Waals surface area contributed by atoms with Gasteiger partial charge in [-0.05, 0) is 23.8 Å². The van der Waals surface area contributed by atoms with Crippen molar-refractivity contribution in [2.45, 2.75) is 13.0 Å². The number of hydrogen-bond acceptors (Lipinski definition) is 3. The van der Waals surface area contributed by atoms with Gasteiger partial charge in [-0.2, -0.15) is 0 Å². The predicted molar refractivity (Wildman–Crippen MR) is 101 cm³/mol. The summed E-state index contributed by atoms with van der Waals surface area (Å²) in [6.07, 6.45) is 0.492. The van der Waals surface area contributed by atoms with Gasteiger partial charge in [0.1, 0.15) is 6.54 Å². The molecule has 0 spiro atoms. The Bertz CT molecular complexity index is 725. The van der Waals surface area contributed by atoms with Crippen molar-refractivity contribution < 1.29 is 19.2 Å². The number of rotatable bonds is 6. The van der Waals surface area contributed by atoms with Crippen LogP contribution in [0.2, 0.25) is 0 Å². The third-order valence-corrected chi connectivity index (χ3v) is 4.92. The highest BCUT2D eigenvalue weighted by atomic mass is 16.5. The maximum Gasteiger partial charge on any atom is 0.227 e. The summed E-state index contributed by atoms with van der Waals surface area (Å²) in [7, 11) is 3.31. The summed E-state index contributed by atoms with van der Waals surface area (Å²) in [6, 6.07) is 16.0. The van der Waals surface area contributed by atoms with Crippen LogP contribution >= 0.6 is 0 Å². The second kappa shape index (κ2) is 8.72. The molecule has 0 unspecified atom stereocenters. The average Bonchev–Trinajstić information content (AvgIpc) is 2.69. The van der Waals surface area contributed by atoms with Crippen LogP contribution in [-0.4, -0.2) is 51.2 Å². The normalized spacial score (nSPS) is 14.9. The molecule has 26 heavy (non-hydrogen) atoms. The van der Waals surface area contributed by atoms with E-state index < -0.39 is 0 Å². The molecule has 0 aliphatic carbocycles. The monoisotopic (exact) mass is 355 g/mol. The van der Waals surface area contributed by atoms with Crippen molar-refractivity contribution >= 4 is 5.91 Å². The van der Waals surface area contributed by atoms with E-state index in [2.05, 4.69) is 6.07 Å². The van der Waals surface area contributed by atoms with Gasteiger partial charge in [0.05, 0.1) is 46.8 Å². The minimum Gasteiger partial charge on any atom is -0.493 e. The maximum absolute atomic E-state index is 12.5. The molecule has 1 heterocycles. The van der Waals surface area contributed by atoms with Gasteiger partial charge in [0.15, 0.2) is 11.5 Å². The SMILES string of the molecule is COc1ccc(C[NH+]2CCN(C(=O)Cc3ccccc3)CC2)cc1OC. The average molecular weight is 355 g/mol. The van der Waals surface area contributed by atoms with Gasteiger partial charge in [-0.3, -0.25) is 4.79 Å². The first kappa shape index (κ1) is 18.3. The number of piperazine rings is 1. The van der Waals surface area contributed by atoms with Crippen molar-refractivity contribution in [3.8, 4) is 11.5 Å². The van der Waals surface area contributed by atoms with Crippen LogP contribution in [-0.2, 0) is 17.8 Å². The summed E-state index contributed by atoms with van der Waals surface area (Å²) in [5.41, 5.74) is 2.30. The zero-order valence-corrected chi connectivity index (χ0v) is 15.5. The number of amides is 1. The molecule has 1 amide bonds. The fourth-order valence-corrected chi connectivity index (χ4v) is 3.41. The van der Waals surface area contributed by atoms with Crippen LogP contribution in [0.1, 0.15) is 11.1 Å². The Morgan fingerprint density at radius 3 is 2.31 bits per heavy atom. The molecule has 1 N–H and O–H groups in total. The summed E-state index contributed by atoms with van der Waals surface area (Å²) in [6.45, 7) is 4.49. The second-order valence-corrected chi connectivity index (χ2v) is 6.66. The number of hydrogen-bond donors (Lipinski definition) is 1. The molecule has 1 saturated heterocycles. The molecular weight excluding hydrogens is 328 g/mol. The third kappa shape index (κ3) is 4.55. The number of benzene rings is 2. The highest BCUT2D eigenvalue weighted by Gasteiger charge is 2.24. The first-order valence-corrected chi connectivity index (χ1v) is 9.05. The molecule has 2 aromatic carbocycles. The Hall–Kier alpha value is -2.53. The maximum atomic E-state index is 12.5. The molecule has 3 rings (SSSR count). The van der Waals surface area contributed by atoms with E-state index >= 15 is 0 Å². The predicted octanol–water partition coefficient (Wildman–Crippen LogP) is 1.17. The van der Waals surface area contributed by atoms with Gasteiger partial charge in [-0.25, -0.2) is 0 Å². The number of quaternary nitrogens is 1. The number of methoxy groups -OCH3 is 2. The van der Waals surface area contributed by atoms with Gasteiger partial charge in [0, 0.05) is 5.56 Å². The van der Waals surface area contributed by atoms with Crippen LogP contribution in [0.5, 0.6) is 11.5 Å². The molecule has 1 aliphatic heterocycles. The molecule has 5 nitrogen and oxygen atoms in total. The molecule has 5 heteroatoms. The van der Waals surface area contributed by atoms with Crippen molar-refractivity contribution in [3.05, 3.63) is 59.7 Å². The Balaban J connectivity index is 1.51. The Kier molecular flexibility index (Phi) is 6.12. The van der Waals surface area contributed by atoms with Gasteiger partial charge in [-0.1, -0.05) is 30.3 Å². The first-order valence-electron chi connectivity index (χ1n) is 9.05. The zero-order chi connectivity index (χ0) is 18.4. The lowest BCUT2D eigenvalue weighted by Crippen LogP contribution is -3.13. The number of nitrogens with one attached hydrogen (secondary N) is 1. The smallest absolute Gasteiger partial charge is 0.227 e. The molecule has 0 radical (unpaired) electrons. The molecule has 0 aromatic heterocycles. The van der Waals surface area contributed by atoms with Crippen molar-refractivity contribution in [2.24, 2.45) is 0 Å². The van der Waals surface area contributed by atoms with Crippen LogP contribution in [0.3, 0.4) is 0 Å². The lowest BCUT2D eigenvalue weighted by Gasteiger charge is -2.32. The van der Waals surface area contributed by atoms with E-state index in [4.69, 9.17) is 9.47 Å². The van der Waals surface area contributed by atoms with Crippen molar-refractivity contribution in [3.63, 3.8) is 0 Å². The molecule has 1 aliphatic rings. The van der Waals surface area contributed by atoms with E-state index in [0.717, 1.165) is 49.8 Å². The summed E-state index contributed by atoms with van der Waals surface area (Å²) in [4.78, 5) is 16.0. The van der Waals surface area contributed by atoms with E-state index in [0.29, 0.717) is 6.42 Å². The topological polar surface area (TPSA) is 43.2 Å². The molecule has 0 saturated carbocycles. The van der Waals surface area contributed by atoms with Gasteiger partial charge >= 0.3 is 0 Å². The van der Waals surface area contributed by atoms with Crippen LogP contribution in [0.4, 0.5) is 0 Å². The van der Waals surface area contributed by atoms with Crippen molar-refractivity contribution in [1.29, 1.82) is 0 Å². The zero-order valence-electron chi connectivity index (χ0n) is 15.5. The van der Waals surface area contributed by atoms with Gasteiger partial charge in [0.25, 0.3) is 0 Å². The van der Waals surface area contributed by atoms with E-state index in [1.54, 1.807) is 14.2 Å². The van der Waals surface area contributed by atoms with Crippen molar-refractivity contribution in [2.75, 3.05) is 40.4 Å². The quantitative estimate of drug-likeness (QED) is 0.846. The molecule has 1 fully saturated rings. The van der Waals surface area contributed by atoms with Crippen LogP contribution in [0.25, 0.3) is 0 Å². The van der Waals surface area contributed by atoms with Gasteiger partial charge in [0.2, 0.25) is 5.91 Å². The number of ether oxygens (including phenoxy) is 2. The lowest BCUT2D eigenvalue weighted by molar-refractivity contribution is -0.917. The van der Waals surface area contributed by atoms with Crippen molar-refractivity contribution in [1.82, 2.24) is 4.90 Å². The highest BCUT2D eigenvalue weighted by Crippen LogP contribution is 2.27. The minimum atomic E-state index is 0.223. The Labute approximate surface area is 155 Å². The van der Waals surface area contributed by atoms with E-state index in [1.165, 1.54) is 10.5 Å². The lowest BCUT2D eigenvalue weighted by atomic mass is 10.1. The number of carbonyl (C=O) groups is 1. The summed E-state index contributed by atoms with van der Waals surface area (Å²) < 4.78 is 10.7. The summed E-state index contributed by atoms with van der Waals surface area (Å²) in [5, 5.41) is 0. The summed E-state index contributed by atoms with van der Waals surface area (Å²) in [5.74, 6) is 1.74. The number of nitrogens with zero attached hydrogens (tertiary/aromatic N) is 1. The van der Waals surface area contributed by atoms with E-state index in [-0.39, 0.29) is 5.91 Å². The minimum absolute atomic E-state index is 0.223. The van der Waals surface area contributed by atoms with E-state index in [9.17, 15) is 4.79 Å². The molecule has 0 bridgehead atoms. The first-order chi connectivity index (χ1) is 12.7. The third-order valence-electron chi connectivity index (χ3n) is 4.92. The van der Waals surface area contributed by atoms with Crippen LogP contribution < -0.4 is 14.4 Å². The number of carbonyl (C=O) groups excluding carboxylic acids is 1. The summed E-state index contributed by atoms with van der Waals surface area (Å²) >= 11 is 0. The van der Waals surface area contributed by atoms with E-state index in [1.807, 2.05) is 47.4 Å². The van der Waals surface area contributed by atoms with Gasteiger partial charge in [-0.15, -0.1) is 0 Å². The van der Waals surface area contributed by atoms with Crippen LogP contribution in [0.15, 0.2) is 48.5 Å². The van der Waals surface area contributed by atoms with Gasteiger partial charge < -0.3 is 19.3 Å². The second-order valence-electron chi connectivity index (χ2n) is 6.66. The van der Waals surface area contributed by atoms with Crippen LogP contribution in [0, 0.1) is 0 Å². The molecule has 0 atom stereocenters. The highest BCUT2D eigenvalue weighted by molar-refractivity contribution is 5.78. The Morgan fingerprint density at radius 2 is 1.65 bits per heavy atom. The largest absolute Gasteiger partial charge is 0.493 e. The Morgan fingerprint density at radius 1 is 0.962 bits per heavy atom. The standard InChI is InChI=1S/C21H26N2O3/c1-25-19-9-8-18(14-20(19)26-2)16-22-10-12-23(13-11-22)21(24)15-17-6-4-3-5-7-17/h3-9,14H,10-13,15-16H2,1-2H3/p+1. The molecular formula is C21H27N2O3+. The molecule has 138 valence electrons. The molecule has 2 aromatic rings. The fraction of sp³-hybridized carbons (Fsp3) is 0.381.